The van der Waals surface area contributed by atoms with Crippen molar-refractivity contribution in [1.29, 1.82) is 0 Å². The highest BCUT2D eigenvalue weighted by molar-refractivity contribution is 5.80. The van der Waals surface area contributed by atoms with E-state index in [1.54, 1.807) is 0 Å². The molecule has 5 nitrogen and oxygen atoms in total. The smallest absolute Gasteiger partial charge is 0.213 e. The summed E-state index contributed by atoms with van der Waals surface area (Å²) in [6.45, 7) is 5.84. The van der Waals surface area contributed by atoms with Gasteiger partial charge >= 0.3 is 0 Å². The molecule has 0 atom stereocenters. The number of guanidine groups is 1. The third kappa shape index (κ3) is 3.77. The molecule has 1 aromatic rings. The first kappa shape index (κ1) is 16.1. The number of rotatable bonds is 5. The molecule has 1 saturated heterocycles. The molecule has 1 saturated carbocycles. The molecule has 2 fully saturated rings. The Morgan fingerprint density at radius 3 is 2.83 bits per heavy atom. The van der Waals surface area contributed by atoms with Crippen LogP contribution in [0.2, 0.25) is 0 Å². The van der Waals surface area contributed by atoms with Crippen LogP contribution in [0.3, 0.4) is 0 Å². The molecule has 0 amide bonds. The lowest BCUT2D eigenvalue weighted by Crippen LogP contribution is -2.42. The summed E-state index contributed by atoms with van der Waals surface area (Å²) in [7, 11) is 1.87. The van der Waals surface area contributed by atoms with E-state index in [2.05, 4.69) is 33.2 Å². The van der Waals surface area contributed by atoms with Crippen molar-refractivity contribution < 1.29 is 4.74 Å². The van der Waals surface area contributed by atoms with Gasteiger partial charge in [0.05, 0.1) is 6.61 Å². The van der Waals surface area contributed by atoms with E-state index in [-0.39, 0.29) is 0 Å². The van der Waals surface area contributed by atoms with E-state index in [0.29, 0.717) is 17.9 Å². The van der Waals surface area contributed by atoms with Gasteiger partial charge in [-0.15, -0.1) is 0 Å². The van der Waals surface area contributed by atoms with Crippen LogP contribution in [0, 0.1) is 5.41 Å². The Morgan fingerprint density at radius 1 is 1.39 bits per heavy atom. The Kier molecular flexibility index (Phi) is 5.03. The maximum absolute atomic E-state index is 5.52. The average molecular weight is 316 g/mol. The van der Waals surface area contributed by atoms with Gasteiger partial charge in [-0.05, 0) is 36.7 Å². The Bertz CT molecular complexity index is 536. The topological polar surface area (TPSA) is 49.8 Å². The molecule has 5 heteroatoms. The van der Waals surface area contributed by atoms with Crippen LogP contribution in [-0.4, -0.2) is 42.6 Å². The minimum absolute atomic E-state index is 0.595. The Morgan fingerprint density at radius 2 is 2.26 bits per heavy atom. The van der Waals surface area contributed by atoms with Gasteiger partial charge in [0.25, 0.3) is 0 Å². The van der Waals surface area contributed by atoms with Crippen molar-refractivity contribution in [3.05, 3.63) is 23.9 Å². The van der Waals surface area contributed by atoms with E-state index in [1.165, 1.54) is 25.7 Å². The molecular weight excluding hydrogens is 288 g/mol. The van der Waals surface area contributed by atoms with Crippen LogP contribution >= 0.6 is 0 Å². The third-order valence-electron chi connectivity index (χ3n) is 5.07. The van der Waals surface area contributed by atoms with Crippen LogP contribution in [0.5, 0.6) is 5.88 Å². The van der Waals surface area contributed by atoms with Crippen LogP contribution in [0.15, 0.2) is 23.3 Å². The first-order valence-corrected chi connectivity index (χ1v) is 8.78. The number of hydrogen-bond donors (Lipinski definition) is 1. The molecule has 1 aliphatic carbocycles. The molecule has 0 bridgehead atoms. The summed E-state index contributed by atoms with van der Waals surface area (Å²) in [6.07, 6.45) is 8.38. The number of likely N-dealkylation sites (tertiary alicyclic amines) is 1. The van der Waals surface area contributed by atoms with Gasteiger partial charge in [0.2, 0.25) is 5.88 Å². The summed E-state index contributed by atoms with van der Waals surface area (Å²) >= 11 is 0. The van der Waals surface area contributed by atoms with Crippen LogP contribution < -0.4 is 10.1 Å². The predicted molar refractivity (Wildman–Crippen MR) is 92.7 cm³/mol. The summed E-state index contributed by atoms with van der Waals surface area (Å²) in [5.74, 6) is 1.71. The minimum Gasteiger partial charge on any atom is -0.478 e. The summed E-state index contributed by atoms with van der Waals surface area (Å²) in [6, 6.07) is 4.00. The average Bonchev–Trinajstić information content (AvgIpc) is 3.00. The normalized spacial score (nSPS) is 19.7. The zero-order valence-corrected chi connectivity index (χ0v) is 14.3. The van der Waals surface area contributed by atoms with E-state index in [0.717, 1.165) is 37.6 Å². The molecule has 1 N–H and O–H groups in total. The second-order valence-electron chi connectivity index (χ2n) is 6.78. The van der Waals surface area contributed by atoms with Gasteiger partial charge in [0.1, 0.15) is 0 Å². The van der Waals surface area contributed by atoms with Crippen molar-refractivity contribution in [3.8, 4) is 5.88 Å². The molecule has 23 heavy (non-hydrogen) atoms. The molecular formula is C18H28N4O. The van der Waals surface area contributed by atoms with Crippen molar-refractivity contribution in [3.63, 3.8) is 0 Å². The summed E-state index contributed by atoms with van der Waals surface area (Å²) < 4.78 is 5.52. The van der Waals surface area contributed by atoms with Crippen molar-refractivity contribution in [2.24, 2.45) is 10.4 Å². The fourth-order valence-electron chi connectivity index (χ4n) is 3.52. The summed E-state index contributed by atoms with van der Waals surface area (Å²) in [4.78, 5) is 11.2. The Hall–Kier alpha value is -1.78. The maximum atomic E-state index is 5.52. The van der Waals surface area contributed by atoms with E-state index in [4.69, 9.17) is 4.74 Å². The van der Waals surface area contributed by atoms with Gasteiger partial charge in [0.15, 0.2) is 5.96 Å². The standard InChI is InChI=1S/C18H28N4O/c1-3-11-23-16-6-5-15(12-20-16)13-21-17(19-2)22-10-9-18(14-22)7-4-8-18/h5-6,12H,3-4,7-11,13-14H2,1-2H3,(H,19,21). The molecule has 0 unspecified atom stereocenters. The quantitative estimate of drug-likeness (QED) is 0.670. The number of ether oxygens (including phenoxy) is 1. The third-order valence-corrected chi connectivity index (χ3v) is 5.07. The van der Waals surface area contributed by atoms with E-state index >= 15 is 0 Å². The van der Waals surface area contributed by atoms with Crippen LogP contribution in [0.4, 0.5) is 0 Å². The van der Waals surface area contributed by atoms with Gasteiger partial charge in [-0.2, -0.15) is 0 Å². The highest BCUT2D eigenvalue weighted by Crippen LogP contribution is 2.47. The molecule has 2 heterocycles. The molecule has 0 aromatic carbocycles. The van der Waals surface area contributed by atoms with E-state index in [9.17, 15) is 0 Å². The fourth-order valence-corrected chi connectivity index (χ4v) is 3.52. The number of pyridine rings is 1. The largest absolute Gasteiger partial charge is 0.478 e. The van der Waals surface area contributed by atoms with Crippen molar-refractivity contribution in [1.82, 2.24) is 15.2 Å². The number of nitrogens with one attached hydrogen (secondary N) is 1. The van der Waals surface area contributed by atoms with E-state index in [1.807, 2.05) is 19.3 Å². The Balaban J connectivity index is 1.50. The van der Waals surface area contributed by atoms with Crippen molar-refractivity contribution in [2.45, 2.75) is 45.6 Å². The summed E-state index contributed by atoms with van der Waals surface area (Å²) in [5.41, 5.74) is 1.74. The first-order chi connectivity index (χ1) is 11.2. The van der Waals surface area contributed by atoms with Gasteiger partial charge in [-0.3, -0.25) is 4.99 Å². The fraction of sp³-hybridized carbons (Fsp3) is 0.667. The van der Waals surface area contributed by atoms with Crippen LogP contribution in [-0.2, 0) is 6.54 Å². The highest BCUT2D eigenvalue weighted by atomic mass is 16.5. The summed E-state index contributed by atoms with van der Waals surface area (Å²) in [5, 5.41) is 3.47. The second-order valence-corrected chi connectivity index (χ2v) is 6.78. The SMILES string of the molecule is CCCOc1ccc(CNC(=NC)N2CCC3(CCC3)C2)cn1. The number of aromatic nitrogens is 1. The van der Waals surface area contributed by atoms with Crippen molar-refractivity contribution >= 4 is 5.96 Å². The van der Waals surface area contributed by atoms with Crippen LogP contribution in [0.25, 0.3) is 0 Å². The van der Waals surface area contributed by atoms with Gasteiger partial charge in [0, 0.05) is 38.9 Å². The molecule has 1 aliphatic heterocycles. The molecule has 0 radical (unpaired) electrons. The van der Waals surface area contributed by atoms with Gasteiger partial charge in [-0.25, -0.2) is 4.98 Å². The number of nitrogens with zero attached hydrogens (tertiary/aromatic N) is 3. The maximum Gasteiger partial charge on any atom is 0.213 e. The number of aliphatic imine (C=N–C) groups is 1. The molecule has 126 valence electrons. The molecule has 1 spiro atoms. The number of hydrogen-bond acceptors (Lipinski definition) is 3. The zero-order chi connectivity index (χ0) is 16.1. The first-order valence-electron chi connectivity index (χ1n) is 8.78. The predicted octanol–water partition coefficient (Wildman–Crippen LogP) is 2.82. The van der Waals surface area contributed by atoms with Gasteiger partial charge in [-0.1, -0.05) is 19.4 Å². The molecule has 3 rings (SSSR count). The van der Waals surface area contributed by atoms with E-state index < -0.39 is 0 Å². The second kappa shape index (κ2) is 7.20. The highest BCUT2D eigenvalue weighted by Gasteiger charge is 2.43. The zero-order valence-electron chi connectivity index (χ0n) is 14.3. The monoisotopic (exact) mass is 316 g/mol. The van der Waals surface area contributed by atoms with Crippen molar-refractivity contribution in [2.75, 3.05) is 26.7 Å². The lowest BCUT2D eigenvalue weighted by atomic mass is 9.68. The minimum atomic E-state index is 0.595. The lowest BCUT2D eigenvalue weighted by molar-refractivity contribution is 0.151. The molecule has 1 aromatic heterocycles. The Labute approximate surface area is 139 Å². The van der Waals surface area contributed by atoms with Gasteiger partial charge < -0.3 is 15.0 Å². The molecule has 2 aliphatic rings. The lowest BCUT2D eigenvalue weighted by Gasteiger charge is -2.38. The van der Waals surface area contributed by atoms with Crippen LogP contribution in [0.1, 0.15) is 44.6 Å².